The Hall–Kier alpha value is -2.26. The van der Waals surface area contributed by atoms with Crippen molar-refractivity contribution in [2.75, 3.05) is 0 Å². The molecule has 1 amide bonds. The quantitative estimate of drug-likeness (QED) is 0.727. The lowest BCUT2D eigenvalue weighted by Gasteiger charge is -2.20. The van der Waals surface area contributed by atoms with Gasteiger partial charge in [0.2, 0.25) is 11.8 Å². The molecule has 130 valence electrons. The lowest BCUT2D eigenvalue weighted by molar-refractivity contribution is -0.130. The van der Waals surface area contributed by atoms with Gasteiger partial charge in [-0.1, -0.05) is 28.1 Å². The van der Waals surface area contributed by atoms with Crippen LogP contribution in [0.15, 0.2) is 38.6 Å². The van der Waals surface area contributed by atoms with Gasteiger partial charge in [0.25, 0.3) is 5.56 Å². The third-order valence-electron chi connectivity index (χ3n) is 4.07. The molecule has 0 fully saturated rings. The van der Waals surface area contributed by atoms with Crippen molar-refractivity contribution in [3.05, 3.63) is 55.0 Å². The molecule has 1 aliphatic heterocycles. The summed E-state index contributed by atoms with van der Waals surface area (Å²) in [6, 6.07) is 7.19. The molecule has 7 nitrogen and oxygen atoms in total. The fourth-order valence-electron chi connectivity index (χ4n) is 2.77. The summed E-state index contributed by atoms with van der Waals surface area (Å²) in [5.74, 6) is -0.518. The Morgan fingerprint density at radius 1 is 1.40 bits per heavy atom. The van der Waals surface area contributed by atoms with Crippen LogP contribution in [0.5, 0.6) is 5.88 Å². The zero-order valence-corrected chi connectivity index (χ0v) is 15.9. The van der Waals surface area contributed by atoms with Crippen molar-refractivity contribution in [2.45, 2.75) is 19.4 Å². The number of benzene rings is 1. The smallest absolute Gasteiger partial charge is 0.264 e. The predicted octanol–water partition coefficient (Wildman–Crippen LogP) is 2.61. The molecule has 0 bridgehead atoms. The highest BCUT2D eigenvalue weighted by Gasteiger charge is 2.34. The second-order valence-electron chi connectivity index (χ2n) is 5.70. The summed E-state index contributed by atoms with van der Waals surface area (Å²) in [5.41, 5.74) is 0.728. The highest BCUT2D eigenvalue weighted by molar-refractivity contribution is 9.10. The topological polar surface area (TPSA) is 90.7 Å². The molecule has 2 N–H and O–H groups in total. The normalized spacial score (nSPS) is 16.8. The summed E-state index contributed by atoms with van der Waals surface area (Å²) in [6.07, 6.45) is 0.314. The van der Waals surface area contributed by atoms with Gasteiger partial charge in [-0.05, 0) is 29.9 Å². The number of carbonyl (C=O) groups is 1. The largest absolute Gasteiger partial charge is 0.494 e. The van der Waals surface area contributed by atoms with E-state index in [0.29, 0.717) is 12.1 Å². The molecule has 0 saturated heterocycles. The fraction of sp³-hybridized carbons (Fsp3) is 0.250. The molecule has 2 aromatic rings. The number of carbonyl (C=O) groups excluding carboxylic acids is 1. The number of H-pyrrole nitrogens is 1. The van der Waals surface area contributed by atoms with Crippen molar-refractivity contribution in [3.8, 4) is 5.88 Å². The first-order valence-corrected chi connectivity index (χ1v) is 8.65. The van der Waals surface area contributed by atoms with E-state index in [0.717, 1.165) is 10.0 Å². The van der Waals surface area contributed by atoms with Crippen molar-refractivity contribution in [3.63, 3.8) is 0 Å². The molecule has 0 aliphatic carbocycles. The van der Waals surface area contributed by atoms with Crippen molar-refractivity contribution in [2.24, 2.45) is 12.1 Å². The number of nitrogens with one attached hydrogen (secondary N) is 1. The molecule has 2 heterocycles. The Labute approximate surface area is 156 Å². The number of aromatic amines is 1. The molecule has 0 spiro atoms. The third-order valence-corrected chi connectivity index (χ3v) is 4.97. The average molecular weight is 423 g/mol. The third kappa shape index (κ3) is 3.16. The first kappa shape index (κ1) is 17.6. The van der Waals surface area contributed by atoms with Gasteiger partial charge in [-0.2, -0.15) is 5.10 Å². The molecular formula is C16H15BrN4O3S. The second-order valence-corrected chi connectivity index (χ2v) is 7.00. The predicted molar refractivity (Wildman–Crippen MR) is 99.1 cm³/mol. The molecule has 0 unspecified atom stereocenters. The Kier molecular flexibility index (Phi) is 4.61. The lowest BCUT2D eigenvalue weighted by Crippen LogP contribution is -2.24. The van der Waals surface area contributed by atoms with Gasteiger partial charge in [0, 0.05) is 24.9 Å². The van der Waals surface area contributed by atoms with Gasteiger partial charge in [0.05, 0.1) is 11.8 Å². The molecule has 0 radical (unpaired) electrons. The number of hydrogen-bond acceptors (Lipinski definition) is 5. The van der Waals surface area contributed by atoms with E-state index in [1.807, 2.05) is 24.3 Å². The lowest BCUT2D eigenvalue weighted by atomic mass is 9.99. The summed E-state index contributed by atoms with van der Waals surface area (Å²) in [7, 11) is 1.54. The second kappa shape index (κ2) is 6.57. The van der Waals surface area contributed by atoms with Crippen molar-refractivity contribution < 1.29 is 9.90 Å². The number of amides is 1. The van der Waals surface area contributed by atoms with Gasteiger partial charge >= 0.3 is 0 Å². The van der Waals surface area contributed by atoms with Crippen LogP contribution in [0.25, 0.3) is 0 Å². The maximum absolute atomic E-state index is 12.3. The van der Waals surface area contributed by atoms with E-state index in [1.165, 1.54) is 16.5 Å². The van der Waals surface area contributed by atoms with Gasteiger partial charge in [-0.25, -0.2) is 5.01 Å². The number of nitrogens with zero attached hydrogens (tertiary/aromatic N) is 3. The first-order valence-electron chi connectivity index (χ1n) is 7.45. The molecule has 1 aromatic heterocycles. The highest BCUT2D eigenvalue weighted by atomic mass is 79.9. The number of halogens is 1. The van der Waals surface area contributed by atoms with E-state index >= 15 is 0 Å². The van der Waals surface area contributed by atoms with Crippen LogP contribution in [-0.4, -0.2) is 31.3 Å². The first-order chi connectivity index (χ1) is 11.8. The van der Waals surface area contributed by atoms with Crippen LogP contribution in [0.4, 0.5) is 0 Å². The van der Waals surface area contributed by atoms with Crippen LogP contribution < -0.4 is 5.56 Å². The maximum Gasteiger partial charge on any atom is 0.264 e. The van der Waals surface area contributed by atoms with Crippen LogP contribution in [0.1, 0.15) is 30.5 Å². The van der Waals surface area contributed by atoms with Crippen molar-refractivity contribution in [1.29, 1.82) is 0 Å². The summed E-state index contributed by atoms with van der Waals surface area (Å²) < 4.78 is 2.32. The minimum absolute atomic E-state index is 0.0296. The standard InChI is InChI=1S/C16H15BrN4O3S/c1-8(22)21-12(9-3-5-10(17)6-4-9)7-11(19-21)13-14(23)18-16(25)20(2)15(13)24/h3-6,12,24H,7H2,1-2H3,(H,18,23,25)/t12-/m1/s1. The van der Waals surface area contributed by atoms with E-state index in [2.05, 4.69) is 26.0 Å². The number of hydrogen-bond donors (Lipinski definition) is 2. The number of hydrazone groups is 1. The van der Waals surface area contributed by atoms with Crippen molar-refractivity contribution in [1.82, 2.24) is 14.6 Å². The summed E-state index contributed by atoms with van der Waals surface area (Å²) in [6.45, 7) is 1.41. The van der Waals surface area contributed by atoms with Crippen LogP contribution in [0.3, 0.4) is 0 Å². The number of rotatable bonds is 2. The summed E-state index contributed by atoms with van der Waals surface area (Å²) in [4.78, 5) is 26.8. The minimum atomic E-state index is -0.528. The van der Waals surface area contributed by atoms with E-state index in [9.17, 15) is 14.7 Å². The molecule has 0 saturated carbocycles. The zero-order chi connectivity index (χ0) is 18.3. The maximum atomic E-state index is 12.3. The van der Waals surface area contributed by atoms with Crippen LogP contribution in [0.2, 0.25) is 0 Å². The minimum Gasteiger partial charge on any atom is -0.494 e. The fourth-order valence-corrected chi connectivity index (χ4v) is 3.21. The van der Waals surface area contributed by atoms with E-state index < -0.39 is 5.56 Å². The Bertz CT molecular complexity index is 994. The van der Waals surface area contributed by atoms with E-state index in [1.54, 1.807) is 7.05 Å². The summed E-state index contributed by atoms with van der Waals surface area (Å²) in [5, 5.41) is 15.9. The molecule has 1 aromatic carbocycles. The SMILES string of the molecule is CC(=O)N1N=C(c2c(O)n(C)c(=S)[nH]c2=O)C[C@@H]1c1ccc(Br)cc1. The molecule has 25 heavy (non-hydrogen) atoms. The molecule has 3 rings (SSSR count). The Morgan fingerprint density at radius 2 is 2.04 bits per heavy atom. The van der Waals surface area contributed by atoms with Gasteiger partial charge in [-0.3, -0.25) is 19.1 Å². The monoisotopic (exact) mass is 422 g/mol. The average Bonchev–Trinajstić information content (AvgIpc) is 2.98. The van der Waals surface area contributed by atoms with Gasteiger partial charge in [-0.15, -0.1) is 0 Å². The number of aromatic nitrogens is 2. The van der Waals surface area contributed by atoms with E-state index in [-0.39, 0.29) is 28.2 Å². The zero-order valence-electron chi connectivity index (χ0n) is 13.5. The Balaban J connectivity index is 2.08. The number of aromatic hydroxyl groups is 1. The molecule has 9 heteroatoms. The van der Waals surface area contributed by atoms with Gasteiger partial charge in [0.1, 0.15) is 5.56 Å². The van der Waals surface area contributed by atoms with Crippen molar-refractivity contribution >= 4 is 39.8 Å². The van der Waals surface area contributed by atoms with Crippen LogP contribution in [0, 0.1) is 4.77 Å². The van der Waals surface area contributed by atoms with Gasteiger partial charge in [0.15, 0.2) is 4.77 Å². The molecule has 1 aliphatic rings. The molecule has 1 atom stereocenters. The van der Waals surface area contributed by atoms with E-state index in [4.69, 9.17) is 12.2 Å². The van der Waals surface area contributed by atoms with Crippen LogP contribution in [-0.2, 0) is 11.8 Å². The van der Waals surface area contributed by atoms with Gasteiger partial charge < -0.3 is 5.11 Å². The molecular weight excluding hydrogens is 408 g/mol. The highest BCUT2D eigenvalue weighted by Crippen LogP contribution is 2.34. The Morgan fingerprint density at radius 3 is 2.64 bits per heavy atom. The summed E-state index contributed by atoms with van der Waals surface area (Å²) >= 11 is 8.36. The van der Waals surface area contributed by atoms with Crippen LogP contribution >= 0.6 is 28.1 Å².